The van der Waals surface area contributed by atoms with Crippen molar-refractivity contribution in [2.45, 2.75) is 38.6 Å². The van der Waals surface area contributed by atoms with Crippen LogP contribution in [0.2, 0.25) is 0 Å². The highest BCUT2D eigenvalue weighted by atomic mass is 79.9. The van der Waals surface area contributed by atoms with Crippen LogP contribution in [-0.4, -0.2) is 31.6 Å². The molecule has 25 heavy (non-hydrogen) atoms. The summed E-state index contributed by atoms with van der Waals surface area (Å²) in [6.45, 7) is 4.15. The Bertz CT molecular complexity index is 548. The maximum absolute atomic E-state index is 12.3. The van der Waals surface area contributed by atoms with Gasteiger partial charge in [-0.15, -0.1) is 12.4 Å². The van der Waals surface area contributed by atoms with Gasteiger partial charge in [-0.25, -0.2) is 0 Å². The van der Waals surface area contributed by atoms with Crippen molar-refractivity contribution in [2.75, 3.05) is 19.7 Å². The second-order valence-electron chi connectivity index (χ2n) is 6.08. The van der Waals surface area contributed by atoms with Crippen molar-refractivity contribution in [3.8, 4) is 0 Å². The van der Waals surface area contributed by atoms with Gasteiger partial charge in [0.2, 0.25) is 5.91 Å². The zero-order valence-electron chi connectivity index (χ0n) is 14.4. The molecule has 1 fully saturated rings. The second kappa shape index (κ2) is 11.5. The van der Waals surface area contributed by atoms with Gasteiger partial charge in [0.15, 0.2) is 0 Å². The SMILES string of the molecule is CCOC(=O)CC(NC(=O)CCC1CCNC1)c1ccc(Br)cc1.Cl. The summed E-state index contributed by atoms with van der Waals surface area (Å²) in [4.78, 5) is 24.1. The Labute approximate surface area is 163 Å². The normalized spacial score (nSPS) is 17.4. The molecule has 1 aromatic carbocycles. The van der Waals surface area contributed by atoms with Gasteiger partial charge in [-0.3, -0.25) is 9.59 Å². The molecule has 2 rings (SSSR count). The van der Waals surface area contributed by atoms with Gasteiger partial charge in [0, 0.05) is 10.9 Å². The molecule has 1 amide bonds. The molecule has 2 unspecified atom stereocenters. The molecular weight excluding hydrogens is 408 g/mol. The molecule has 1 aliphatic rings. The van der Waals surface area contributed by atoms with Crippen molar-refractivity contribution >= 4 is 40.2 Å². The van der Waals surface area contributed by atoms with Gasteiger partial charge in [-0.2, -0.15) is 0 Å². The third-order valence-electron chi connectivity index (χ3n) is 4.23. The van der Waals surface area contributed by atoms with Crippen LogP contribution < -0.4 is 10.6 Å². The Morgan fingerprint density at radius 2 is 2.08 bits per heavy atom. The van der Waals surface area contributed by atoms with E-state index in [0.717, 1.165) is 36.0 Å². The van der Waals surface area contributed by atoms with Gasteiger partial charge in [0.05, 0.1) is 19.1 Å². The number of benzene rings is 1. The van der Waals surface area contributed by atoms with Gasteiger partial charge < -0.3 is 15.4 Å². The maximum Gasteiger partial charge on any atom is 0.308 e. The molecule has 2 N–H and O–H groups in total. The molecule has 1 saturated heterocycles. The van der Waals surface area contributed by atoms with E-state index in [1.807, 2.05) is 24.3 Å². The smallest absolute Gasteiger partial charge is 0.308 e. The molecule has 5 nitrogen and oxygen atoms in total. The summed E-state index contributed by atoms with van der Waals surface area (Å²) in [5.74, 6) is 0.261. The van der Waals surface area contributed by atoms with Crippen LogP contribution in [0.25, 0.3) is 0 Å². The van der Waals surface area contributed by atoms with Crippen LogP contribution in [0.5, 0.6) is 0 Å². The minimum Gasteiger partial charge on any atom is -0.466 e. The highest BCUT2D eigenvalue weighted by Gasteiger charge is 2.21. The van der Waals surface area contributed by atoms with Crippen molar-refractivity contribution in [1.82, 2.24) is 10.6 Å². The van der Waals surface area contributed by atoms with E-state index < -0.39 is 0 Å². The summed E-state index contributed by atoms with van der Waals surface area (Å²) in [6.07, 6.45) is 2.64. The van der Waals surface area contributed by atoms with Crippen molar-refractivity contribution in [1.29, 1.82) is 0 Å². The van der Waals surface area contributed by atoms with E-state index >= 15 is 0 Å². The lowest BCUT2D eigenvalue weighted by Gasteiger charge is -2.19. The summed E-state index contributed by atoms with van der Waals surface area (Å²) in [5, 5.41) is 6.30. The third kappa shape index (κ3) is 7.75. The summed E-state index contributed by atoms with van der Waals surface area (Å²) >= 11 is 3.40. The van der Waals surface area contributed by atoms with Crippen LogP contribution in [0, 0.1) is 5.92 Å². The monoisotopic (exact) mass is 432 g/mol. The van der Waals surface area contributed by atoms with Gasteiger partial charge >= 0.3 is 5.97 Å². The van der Waals surface area contributed by atoms with Crippen LogP contribution in [0.3, 0.4) is 0 Å². The predicted octanol–water partition coefficient (Wildman–Crippen LogP) is 3.37. The Balaban J connectivity index is 0.00000312. The molecule has 7 heteroatoms. The van der Waals surface area contributed by atoms with Crippen LogP contribution in [0.4, 0.5) is 0 Å². The fourth-order valence-electron chi connectivity index (χ4n) is 2.90. The zero-order chi connectivity index (χ0) is 17.4. The lowest BCUT2D eigenvalue weighted by atomic mass is 10.0. The molecule has 1 heterocycles. The summed E-state index contributed by atoms with van der Waals surface area (Å²) < 4.78 is 5.99. The average molecular weight is 434 g/mol. The quantitative estimate of drug-likeness (QED) is 0.617. The Morgan fingerprint density at radius 1 is 1.36 bits per heavy atom. The fourth-order valence-corrected chi connectivity index (χ4v) is 3.16. The Hall–Kier alpha value is -1.11. The predicted molar refractivity (Wildman–Crippen MR) is 104 cm³/mol. The molecule has 0 bridgehead atoms. The van der Waals surface area contributed by atoms with E-state index in [-0.39, 0.29) is 36.7 Å². The van der Waals surface area contributed by atoms with Crippen molar-refractivity contribution in [2.24, 2.45) is 5.92 Å². The summed E-state index contributed by atoms with van der Waals surface area (Å²) in [6, 6.07) is 7.28. The standard InChI is InChI=1S/C18H25BrN2O3.ClH/c1-2-24-18(23)11-16(14-4-6-15(19)7-5-14)21-17(22)8-3-13-9-10-20-12-13;/h4-7,13,16,20H,2-3,8-12H2,1H3,(H,21,22);1H. The topological polar surface area (TPSA) is 67.4 Å². The first-order valence-electron chi connectivity index (χ1n) is 8.49. The van der Waals surface area contributed by atoms with Gasteiger partial charge in [0.25, 0.3) is 0 Å². The molecule has 1 aliphatic heterocycles. The number of hydrogen-bond donors (Lipinski definition) is 2. The van der Waals surface area contributed by atoms with E-state index in [0.29, 0.717) is 18.9 Å². The molecule has 140 valence electrons. The summed E-state index contributed by atoms with van der Waals surface area (Å²) in [5.41, 5.74) is 0.905. The number of halogens is 2. The van der Waals surface area contributed by atoms with Crippen LogP contribution in [0.1, 0.15) is 44.2 Å². The van der Waals surface area contributed by atoms with Gasteiger partial charge in [-0.05, 0) is 56.5 Å². The average Bonchev–Trinajstić information content (AvgIpc) is 3.07. The number of esters is 1. The largest absolute Gasteiger partial charge is 0.466 e. The Kier molecular flexibility index (Phi) is 10.1. The lowest BCUT2D eigenvalue weighted by Crippen LogP contribution is -2.31. The van der Waals surface area contributed by atoms with Crippen molar-refractivity contribution < 1.29 is 14.3 Å². The number of nitrogens with one attached hydrogen (secondary N) is 2. The molecule has 0 aromatic heterocycles. The number of rotatable bonds is 8. The molecule has 0 saturated carbocycles. The van der Waals surface area contributed by atoms with Crippen molar-refractivity contribution in [3.63, 3.8) is 0 Å². The molecule has 1 aromatic rings. The van der Waals surface area contributed by atoms with E-state index in [9.17, 15) is 9.59 Å². The lowest BCUT2D eigenvalue weighted by molar-refractivity contribution is -0.143. The first-order valence-corrected chi connectivity index (χ1v) is 9.29. The van der Waals surface area contributed by atoms with E-state index in [1.165, 1.54) is 0 Å². The van der Waals surface area contributed by atoms with E-state index in [2.05, 4.69) is 26.6 Å². The van der Waals surface area contributed by atoms with E-state index in [4.69, 9.17) is 4.74 Å². The molecular formula is C18H26BrClN2O3. The molecule has 2 atom stereocenters. The van der Waals surface area contributed by atoms with Gasteiger partial charge in [0.1, 0.15) is 0 Å². The number of hydrogen-bond acceptors (Lipinski definition) is 4. The second-order valence-corrected chi connectivity index (χ2v) is 6.99. The summed E-state index contributed by atoms with van der Waals surface area (Å²) in [7, 11) is 0. The first-order chi connectivity index (χ1) is 11.6. The molecule has 0 radical (unpaired) electrons. The highest BCUT2D eigenvalue weighted by molar-refractivity contribution is 9.10. The molecule has 0 aliphatic carbocycles. The Morgan fingerprint density at radius 3 is 2.68 bits per heavy atom. The van der Waals surface area contributed by atoms with Crippen LogP contribution in [0.15, 0.2) is 28.7 Å². The first kappa shape index (κ1) is 21.9. The maximum atomic E-state index is 12.3. The number of ether oxygens (including phenoxy) is 1. The van der Waals surface area contributed by atoms with Crippen molar-refractivity contribution in [3.05, 3.63) is 34.3 Å². The third-order valence-corrected chi connectivity index (χ3v) is 4.75. The fraction of sp³-hybridized carbons (Fsp3) is 0.556. The number of carbonyl (C=O) groups excluding carboxylic acids is 2. The number of amides is 1. The van der Waals surface area contributed by atoms with Crippen LogP contribution >= 0.6 is 28.3 Å². The minimum absolute atomic E-state index is 0. The highest BCUT2D eigenvalue weighted by Crippen LogP contribution is 2.21. The van der Waals surface area contributed by atoms with Gasteiger partial charge in [-0.1, -0.05) is 28.1 Å². The zero-order valence-corrected chi connectivity index (χ0v) is 16.8. The molecule has 0 spiro atoms. The number of carbonyl (C=O) groups is 2. The van der Waals surface area contributed by atoms with Crippen LogP contribution in [-0.2, 0) is 14.3 Å². The van der Waals surface area contributed by atoms with E-state index in [1.54, 1.807) is 6.92 Å². The minimum atomic E-state index is -0.355.